The van der Waals surface area contributed by atoms with E-state index in [0.717, 1.165) is 19.3 Å². The predicted molar refractivity (Wildman–Crippen MR) is 90.7 cm³/mol. The highest BCUT2D eigenvalue weighted by Crippen LogP contribution is 2.39. The van der Waals surface area contributed by atoms with Crippen LogP contribution >= 0.6 is 0 Å². The van der Waals surface area contributed by atoms with Gasteiger partial charge in [0.05, 0.1) is 0 Å². The number of hydrogen-bond donors (Lipinski definition) is 0. The average Bonchev–Trinajstić information content (AvgIpc) is 2.51. The largest absolute Gasteiger partial charge is 0.444 e. The summed E-state index contributed by atoms with van der Waals surface area (Å²) in [5, 5.41) is 0. The van der Waals surface area contributed by atoms with Gasteiger partial charge in [-0.3, -0.25) is 9.78 Å². The number of ketones is 1. The minimum absolute atomic E-state index is 0.00450. The van der Waals surface area contributed by atoms with E-state index in [9.17, 15) is 14.0 Å². The third kappa shape index (κ3) is 3.99. The van der Waals surface area contributed by atoms with Crippen LogP contribution in [0.15, 0.2) is 18.3 Å². The number of aromatic nitrogens is 1. The molecule has 0 saturated carbocycles. The first-order valence-corrected chi connectivity index (χ1v) is 8.91. The van der Waals surface area contributed by atoms with Gasteiger partial charge in [-0.1, -0.05) is 0 Å². The maximum Gasteiger partial charge on any atom is 0.410 e. The van der Waals surface area contributed by atoms with Gasteiger partial charge in [-0.05, 0) is 58.9 Å². The monoisotopic (exact) mass is 348 g/mol. The second-order valence-corrected chi connectivity index (χ2v) is 8.02. The number of Topliss-reactive ketones (excluding diaryl/α,β-unsaturated/α-hetero) is 1. The minimum Gasteiger partial charge on any atom is -0.444 e. The van der Waals surface area contributed by atoms with Crippen molar-refractivity contribution in [2.45, 2.75) is 70.6 Å². The second kappa shape index (κ2) is 6.73. The van der Waals surface area contributed by atoms with Crippen molar-refractivity contribution in [1.82, 2.24) is 9.88 Å². The first-order valence-electron chi connectivity index (χ1n) is 8.91. The third-order valence-electron chi connectivity index (χ3n) is 4.92. The van der Waals surface area contributed by atoms with Crippen molar-refractivity contribution in [3.05, 3.63) is 29.8 Å². The highest BCUT2D eigenvalue weighted by molar-refractivity contribution is 5.96. The number of amides is 1. The molecule has 0 spiro atoms. The minimum atomic E-state index is -0.538. The van der Waals surface area contributed by atoms with Crippen molar-refractivity contribution in [2.75, 3.05) is 0 Å². The molecule has 1 amide bonds. The highest BCUT2D eigenvalue weighted by Gasteiger charge is 2.44. The number of nitrogens with zero attached hydrogens (tertiary/aromatic N) is 2. The van der Waals surface area contributed by atoms with Gasteiger partial charge in [0.15, 0.2) is 5.78 Å². The zero-order chi connectivity index (χ0) is 18.2. The van der Waals surface area contributed by atoms with Crippen LogP contribution in [-0.2, 0) is 4.74 Å². The molecule has 3 rings (SSSR count). The van der Waals surface area contributed by atoms with E-state index in [4.69, 9.17) is 4.74 Å². The lowest BCUT2D eigenvalue weighted by atomic mass is 9.76. The molecule has 2 atom stereocenters. The van der Waals surface area contributed by atoms with Crippen LogP contribution in [0.1, 0.15) is 63.4 Å². The summed E-state index contributed by atoms with van der Waals surface area (Å²) in [7, 11) is 0. The molecule has 2 aliphatic heterocycles. The first kappa shape index (κ1) is 17.8. The zero-order valence-corrected chi connectivity index (χ0v) is 15.0. The summed E-state index contributed by atoms with van der Waals surface area (Å²) in [4.78, 5) is 31.1. The van der Waals surface area contributed by atoms with Gasteiger partial charge in [-0.25, -0.2) is 9.18 Å². The summed E-state index contributed by atoms with van der Waals surface area (Å²) in [6.45, 7) is 5.56. The Morgan fingerprint density at radius 3 is 2.44 bits per heavy atom. The Labute approximate surface area is 147 Å². The number of hydrogen-bond acceptors (Lipinski definition) is 4. The summed E-state index contributed by atoms with van der Waals surface area (Å²) < 4.78 is 18.9. The lowest BCUT2D eigenvalue weighted by Gasteiger charge is -2.48. The molecule has 2 aliphatic rings. The fraction of sp³-hybridized carbons (Fsp3) is 0.632. The molecule has 25 heavy (non-hydrogen) atoms. The number of ether oxygens (including phenoxy) is 1. The van der Waals surface area contributed by atoms with Crippen molar-refractivity contribution in [3.63, 3.8) is 0 Å². The van der Waals surface area contributed by atoms with Gasteiger partial charge < -0.3 is 9.64 Å². The van der Waals surface area contributed by atoms with Crippen LogP contribution in [0, 0.1) is 11.7 Å². The second-order valence-electron chi connectivity index (χ2n) is 8.02. The van der Waals surface area contributed by atoms with Crippen LogP contribution < -0.4 is 0 Å². The Morgan fingerprint density at radius 1 is 1.24 bits per heavy atom. The van der Waals surface area contributed by atoms with E-state index in [0.29, 0.717) is 12.8 Å². The molecule has 3 heterocycles. The van der Waals surface area contributed by atoms with Crippen molar-refractivity contribution in [1.29, 1.82) is 0 Å². The van der Waals surface area contributed by atoms with Gasteiger partial charge in [-0.2, -0.15) is 0 Å². The molecule has 2 unspecified atom stereocenters. The molecule has 5 nitrogen and oxygen atoms in total. The molecule has 0 N–H and O–H groups in total. The molecule has 2 fully saturated rings. The van der Waals surface area contributed by atoms with Gasteiger partial charge >= 0.3 is 6.09 Å². The molecule has 2 bridgehead atoms. The predicted octanol–water partition coefficient (Wildman–Crippen LogP) is 3.97. The Hall–Kier alpha value is -1.98. The number of fused-ring (bicyclic) bond motifs is 2. The Balaban J connectivity index is 1.75. The fourth-order valence-electron chi connectivity index (χ4n) is 3.96. The summed E-state index contributed by atoms with van der Waals surface area (Å²) in [6.07, 6.45) is 5.00. The van der Waals surface area contributed by atoms with Gasteiger partial charge in [-0.15, -0.1) is 0 Å². The Morgan fingerprint density at radius 2 is 1.88 bits per heavy atom. The number of halogens is 1. The van der Waals surface area contributed by atoms with E-state index in [1.807, 2.05) is 25.7 Å². The molecular formula is C19H25FN2O3. The van der Waals surface area contributed by atoms with E-state index < -0.39 is 11.4 Å². The maximum atomic E-state index is 13.4. The number of piperidine rings is 2. The summed E-state index contributed by atoms with van der Waals surface area (Å²) >= 11 is 0. The third-order valence-corrected chi connectivity index (χ3v) is 4.92. The van der Waals surface area contributed by atoms with Crippen LogP contribution in [0.25, 0.3) is 0 Å². The quantitative estimate of drug-likeness (QED) is 0.759. The number of pyridine rings is 1. The molecule has 1 aromatic rings. The van der Waals surface area contributed by atoms with Crippen LogP contribution in [0.4, 0.5) is 9.18 Å². The molecule has 0 aromatic carbocycles. The summed E-state index contributed by atoms with van der Waals surface area (Å²) in [5.41, 5.74) is -0.363. The van der Waals surface area contributed by atoms with E-state index in [1.54, 1.807) is 0 Å². The molecule has 1 aromatic heterocycles. The van der Waals surface area contributed by atoms with Crippen molar-refractivity contribution < 1.29 is 18.7 Å². The van der Waals surface area contributed by atoms with Crippen LogP contribution in [0.3, 0.4) is 0 Å². The zero-order valence-electron chi connectivity index (χ0n) is 15.0. The highest BCUT2D eigenvalue weighted by atomic mass is 19.1. The van der Waals surface area contributed by atoms with Gasteiger partial charge in [0.2, 0.25) is 0 Å². The molecule has 136 valence electrons. The number of carbonyl (C=O) groups excluding carboxylic acids is 2. The fourth-order valence-corrected chi connectivity index (χ4v) is 3.96. The topological polar surface area (TPSA) is 59.5 Å². The number of rotatable bonds is 2. The lowest BCUT2D eigenvalue weighted by Crippen LogP contribution is -2.56. The van der Waals surface area contributed by atoms with Gasteiger partial charge in [0.25, 0.3) is 0 Å². The summed E-state index contributed by atoms with van der Waals surface area (Å²) in [5.74, 6) is -0.798. The van der Waals surface area contributed by atoms with Crippen molar-refractivity contribution >= 4 is 11.9 Å². The van der Waals surface area contributed by atoms with Crippen LogP contribution in [0.5, 0.6) is 0 Å². The molecular weight excluding hydrogens is 323 g/mol. The summed E-state index contributed by atoms with van der Waals surface area (Å²) in [6, 6.07) is 2.43. The van der Waals surface area contributed by atoms with Crippen LogP contribution in [-0.4, -0.2) is 39.4 Å². The normalized spacial score (nSPS) is 26.2. The molecule has 0 aliphatic carbocycles. The van der Waals surface area contributed by atoms with Crippen LogP contribution in [0.2, 0.25) is 0 Å². The van der Waals surface area contributed by atoms with Gasteiger partial charge in [0.1, 0.15) is 17.1 Å². The van der Waals surface area contributed by atoms with E-state index in [2.05, 4.69) is 4.98 Å². The Bertz CT molecular complexity index is 657. The molecule has 2 saturated heterocycles. The molecule has 0 radical (unpaired) electrons. The first-order chi connectivity index (χ1) is 11.7. The maximum absolute atomic E-state index is 13.4. The SMILES string of the molecule is CC(C)(C)OC(=O)N1C2CCCC1CC(C(=O)c1cc(F)ccn1)C2. The number of carbonyl (C=O) groups is 2. The van der Waals surface area contributed by atoms with E-state index in [1.165, 1.54) is 18.3 Å². The lowest BCUT2D eigenvalue weighted by molar-refractivity contribution is -0.0261. The van der Waals surface area contributed by atoms with E-state index in [-0.39, 0.29) is 35.6 Å². The Kier molecular flexibility index (Phi) is 4.80. The average molecular weight is 348 g/mol. The van der Waals surface area contributed by atoms with E-state index >= 15 is 0 Å². The van der Waals surface area contributed by atoms with Gasteiger partial charge in [0, 0.05) is 30.3 Å². The van der Waals surface area contributed by atoms with Crippen molar-refractivity contribution in [3.8, 4) is 0 Å². The van der Waals surface area contributed by atoms with Crippen molar-refractivity contribution in [2.24, 2.45) is 5.92 Å². The molecule has 6 heteroatoms. The smallest absolute Gasteiger partial charge is 0.410 e. The standard InChI is InChI=1S/C19H25FN2O3/c1-19(2,3)25-18(24)22-14-5-4-6-15(22)10-12(9-14)17(23)16-11-13(20)7-8-21-16/h7-8,11-12,14-15H,4-6,9-10H2,1-3H3.